The van der Waals surface area contributed by atoms with Crippen molar-refractivity contribution in [3.63, 3.8) is 0 Å². The van der Waals surface area contributed by atoms with Gasteiger partial charge in [-0.25, -0.2) is 15.0 Å². The van der Waals surface area contributed by atoms with Crippen LogP contribution in [0.3, 0.4) is 0 Å². The SMILES string of the molecule is C[C@@H]1CC2C[C@H](C)CC(c3ccc(-c4nc(-c5ccccc5)nc(-c5ccccc5)n4)c(-c4ccccc4-c4ccc(C#N)cc4)c3)(C2)C1. The van der Waals surface area contributed by atoms with Crippen LogP contribution in [-0.4, -0.2) is 15.0 Å². The Balaban J connectivity index is 1.37. The van der Waals surface area contributed by atoms with Gasteiger partial charge in [-0.05, 0) is 101 Å². The number of hydrogen-bond acceptors (Lipinski definition) is 4. The van der Waals surface area contributed by atoms with Crippen molar-refractivity contribution in [1.82, 2.24) is 15.0 Å². The van der Waals surface area contributed by atoms with E-state index in [1.165, 1.54) is 37.7 Å². The molecule has 2 aliphatic carbocycles. The van der Waals surface area contributed by atoms with Crippen LogP contribution in [0.4, 0.5) is 0 Å². The Labute approximate surface area is 289 Å². The number of nitriles is 1. The molecule has 8 rings (SSSR count). The molecular weight excluding hydrogens is 597 g/mol. The first-order chi connectivity index (χ1) is 24.0. The Morgan fingerprint density at radius 3 is 1.67 bits per heavy atom. The second kappa shape index (κ2) is 12.9. The molecule has 0 spiro atoms. The van der Waals surface area contributed by atoms with Gasteiger partial charge in [0.25, 0.3) is 0 Å². The summed E-state index contributed by atoms with van der Waals surface area (Å²) >= 11 is 0. The molecule has 2 aliphatic rings. The summed E-state index contributed by atoms with van der Waals surface area (Å²) in [5.41, 5.74) is 9.61. The summed E-state index contributed by atoms with van der Waals surface area (Å²) in [4.78, 5) is 15.3. The zero-order valence-electron chi connectivity index (χ0n) is 28.2. The number of nitrogens with zero attached hydrogens (tertiary/aromatic N) is 4. The van der Waals surface area contributed by atoms with Crippen LogP contribution in [0.1, 0.15) is 57.1 Å². The van der Waals surface area contributed by atoms with Crippen molar-refractivity contribution >= 4 is 0 Å². The Bertz CT molecular complexity index is 2070. The first kappa shape index (κ1) is 30.9. The summed E-state index contributed by atoms with van der Waals surface area (Å²) in [5, 5.41) is 9.50. The molecule has 2 saturated carbocycles. The fourth-order valence-electron chi connectivity index (χ4n) is 8.97. The molecular formula is C45H40N4. The molecule has 2 unspecified atom stereocenters. The van der Waals surface area contributed by atoms with Crippen LogP contribution in [0.15, 0.2) is 127 Å². The van der Waals surface area contributed by atoms with E-state index in [1.807, 2.05) is 48.5 Å². The highest BCUT2D eigenvalue weighted by molar-refractivity contribution is 5.91. The fraction of sp³-hybridized carbons (Fsp3) is 0.244. The summed E-state index contributed by atoms with van der Waals surface area (Å²) in [6, 6.07) is 46.3. The molecule has 0 radical (unpaired) electrons. The third-order valence-electron chi connectivity index (χ3n) is 10.7. The molecule has 1 aromatic heterocycles. The number of aromatic nitrogens is 3. The molecule has 0 N–H and O–H groups in total. The van der Waals surface area contributed by atoms with E-state index < -0.39 is 0 Å². The zero-order chi connectivity index (χ0) is 33.4. The van der Waals surface area contributed by atoms with Crippen LogP contribution in [0, 0.1) is 29.1 Å². The lowest BCUT2D eigenvalue weighted by molar-refractivity contribution is 0.0781. The zero-order valence-corrected chi connectivity index (χ0v) is 28.2. The number of rotatable bonds is 6. The lowest BCUT2D eigenvalue weighted by Gasteiger charge is -2.50. The lowest BCUT2D eigenvalue weighted by atomic mass is 9.54. The minimum atomic E-state index is 0.167. The molecule has 2 bridgehead atoms. The minimum absolute atomic E-state index is 0.167. The van der Waals surface area contributed by atoms with Crippen LogP contribution in [0.2, 0.25) is 0 Å². The molecule has 0 aliphatic heterocycles. The van der Waals surface area contributed by atoms with Gasteiger partial charge >= 0.3 is 0 Å². The van der Waals surface area contributed by atoms with Gasteiger partial charge in [0, 0.05) is 16.7 Å². The molecule has 4 nitrogen and oxygen atoms in total. The molecule has 5 aromatic carbocycles. The molecule has 0 saturated heterocycles. The number of hydrogen-bond donors (Lipinski definition) is 0. The van der Waals surface area contributed by atoms with Crippen LogP contribution in [-0.2, 0) is 5.41 Å². The monoisotopic (exact) mass is 636 g/mol. The maximum Gasteiger partial charge on any atom is 0.164 e. The highest BCUT2D eigenvalue weighted by atomic mass is 15.0. The lowest BCUT2D eigenvalue weighted by Crippen LogP contribution is -2.42. The van der Waals surface area contributed by atoms with E-state index in [0.717, 1.165) is 44.9 Å². The van der Waals surface area contributed by atoms with Gasteiger partial charge in [0.05, 0.1) is 11.6 Å². The first-order valence-corrected chi connectivity index (χ1v) is 17.6. The van der Waals surface area contributed by atoms with E-state index in [1.54, 1.807) is 0 Å². The predicted octanol–water partition coefficient (Wildman–Crippen LogP) is 11.2. The normalized spacial score (nSPS) is 21.5. The van der Waals surface area contributed by atoms with Crippen LogP contribution >= 0.6 is 0 Å². The highest BCUT2D eigenvalue weighted by Crippen LogP contribution is 2.55. The van der Waals surface area contributed by atoms with Crippen LogP contribution < -0.4 is 0 Å². The third kappa shape index (κ3) is 6.07. The van der Waals surface area contributed by atoms with Crippen molar-refractivity contribution in [3.05, 3.63) is 139 Å². The Morgan fingerprint density at radius 1 is 0.531 bits per heavy atom. The average molecular weight is 637 g/mol. The molecule has 6 aromatic rings. The molecule has 1 heterocycles. The standard InChI is InChI=1S/C45H40N4/c1-30-23-33-24-31(2)27-45(26-30,28-33)37-21-22-40(41(25-37)39-16-10-9-15-38(39)34-19-17-32(29-46)18-20-34)44-48-42(35-11-5-3-6-12-35)47-43(49-44)36-13-7-4-8-14-36/h3-22,25,30-31,33H,23-24,26-28H2,1-2H3/t30-,31+,33?,45?. The number of fused-ring (bicyclic) bond motifs is 2. The van der Waals surface area contributed by atoms with Crippen LogP contribution in [0.5, 0.6) is 0 Å². The van der Waals surface area contributed by atoms with E-state index in [9.17, 15) is 5.26 Å². The Hall–Kier alpha value is -5.40. The first-order valence-electron chi connectivity index (χ1n) is 17.6. The minimum Gasteiger partial charge on any atom is -0.208 e. The molecule has 49 heavy (non-hydrogen) atoms. The largest absolute Gasteiger partial charge is 0.208 e. The second-order valence-corrected chi connectivity index (χ2v) is 14.5. The Kier molecular flexibility index (Phi) is 8.14. The maximum absolute atomic E-state index is 9.50. The van der Waals surface area contributed by atoms with Crippen molar-refractivity contribution in [2.45, 2.75) is 51.4 Å². The second-order valence-electron chi connectivity index (χ2n) is 14.5. The Morgan fingerprint density at radius 2 is 1.08 bits per heavy atom. The third-order valence-corrected chi connectivity index (χ3v) is 10.7. The van der Waals surface area contributed by atoms with E-state index in [2.05, 4.69) is 98.8 Å². The summed E-state index contributed by atoms with van der Waals surface area (Å²) in [5.74, 6) is 4.18. The summed E-state index contributed by atoms with van der Waals surface area (Å²) in [6.45, 7) is 4.90. The fourth-order valence-corrected chi connectivity index (χ4v) is 8.97. The van der Waals surface area contributed by atoms with Crippen molar-refractivity contribution in [2.24, 2.45) is 17.8 Å². The van der Waals surface area contributed by atoms with E-state index >= 15 is 0 Å². The van der Waals surface area contributed by atoms with Gasteiger partial charge in [-0.2, -0.15) is 5.26 Å². The molecule has 2 fully saturated rings. The predicted molar refractivity (Wildman–Crippen MR) is 198 cm³/mol. The van der Waals surface area contributed by atoms with Crippen molar-refractivity contribution in [3.8, 4) is 62.5 Å². The maximum atomic E-state index is 9.50. The quantitative estimate of drug-likeness (QED) is 0.182. The number of benzene rings is 5. The van der Waals surface area contributed by atoms with Gasteiger partial charge in [-0.1, -0.05) is 123 Å². The molecule has 4 atom stereocenters. The molecule has 4 heteroatoms. The topological polar surface area (TPSA) is 62.5 Å². The van der Waals surface area contributed by atoms with E-state index in [-0.39, 0.29) is 5.41 Å². The van der Waals surface area contributed by atoms with Crippen LogP contribution in [0.25, 0.3) is 56.4 Å². The van der Waals surface area contributed by atoms with E-state index in [0.29, 0.717) is 34.9 Å². The van der Waals surface area contributed by atoms with Gasteiger partial charge in [-0.3, -0.25) is 0 Å². The molecule has 0 amide bonds. The summed E-state index contributed by atoms with van der Waals surface area (Å²) < 4.78 is 0. The molecule has 240 valence electrons. The highest BCUT2D eigenvalue weighted by Gasteiger charge is 2.45. The van der Waals surface area contributed by atoms with Gasteiger partial charge < -0.3 is 0 Å². The summed E-state index contributed by atoms with van der Waals surface area (Å²) in [7, 11) is 0. The van der Waals surface area contributed by atoms with Gasteiger partial charge in [0.15, 0.2) is 17.5 Å². The van der Waals surface area contributed by atoms with Gasteiger partial charge in [0.1, 0.15) is 0 Å². The average Bonchev–Trinajstić information content (AvgIpc) is 3.14. The van der Waals surface area contributed by atoms with Crippen molar-refractivity contribution in [2.75, 3.05) is 0 Å². The van der Waals surface area contributed by atoms with Crippen molar-refractivity contribution < 1.29 is 0 Å². The van der Waals surface area contributed by atoms with E-state index in [4.69, 9.17) is 15.0 Å². The summed E-state index contributed by atoms with van der Waals surface area (Å²) in [6.07, 6.45) is 6.40. The smallest absolute Gasteiger partial charge is 0.164 e. The van der Waals surface area contributed by atoms with Gasteiger partial charge in [-0.15, -0.1) is 0 Å². The van der Waals surface area contributed by atoms with Crippen molar-refractivity contribution in [1.29, 1.82) is 5.26 Å². The van der Waals surface area contributed by atoms with Gasteiger partial charge in [0.2, 0.25) is 0 Å².